The zero-order chi connectivity index (χ0) is 18.4. The van der Waals surface area contributed by atoms with Gasteiger partial charge < -0.3 is 15.1 Å². The van der Waals surface area contributed by atoms with Crippen LogP contribution in [0.5, 0.6) is 0 Å². The largest absolute Gasteiger partial charge is 0.352 e. The Morgan fingerprint density at radius 2 is 2.12 bits per heavy atom. The Bertz CT molecular complexity index is 601. The first-order valence-corrected chi connectivity index (χ1v) is 9.74. The average molecular weight is 365 g/mol. The molecule has 2 heterocycles. The lowest BCUT2D eigenvalue weighted by molar-refractivity contribution is -0.140. The summed E-state index contributed by atoms with van der Waals surface area (Å²) in [5, 5.41) is 4.67. The van der Waals surface area contributed by atoms with E-state index in [-0.39, 0.29) is 30.3 Å². The molecule has 1 aliphatic heterocycles. The van der Waals surface area contributed by atoms with Crippen molar-refractivity contribution in [2.45, 2.75) is 52.1 Å². The SMILES string of the molecule is CCN(CC(=O)NC(C)C)C(=O)C1CCCCN1C(=O)c1cccs1. The van der Waals surface area contributed by atoms with E-state index in [9.17, 15) is 14.4 Å². The number of likely N-dealkylation sites (tertiary alicyclic amines) is 1. The molecule has 3 amide bonds. The van der Waals surface area contributed by atoms with Crippen molar-refractivity contribution in [2.24, 2.45) is 0 Å². The molecule has 0 saturated carbocycles. The van der Waals surface area contributed by atoms with E-state index in [0.717, 1.165) is 12.8 Å². The summed E-state index contributed by atoms with van der Waals surface area (Å²) in [5.41, 5.74) is 0. The maximum atomic E-state index is 13.0. The summed E-state index contributed by atoms with van der Waals surface area (Å²) in [6.45, 7) is 6.70. The summed E-state index contributed by atoms with van der Waals surface area (Å²) in [4.78, 5) is 41.6. The summed E-state index contributed by atoms with van der Waals surface area (Å²) in [5.74, 6) is -0.390. The highest BCUT2D eigenvalue weighted by atomic mass is 32.1. The normalized spacial score (nSPS) is 17.4. The lowest BCUT2D eigenvalue weighted by atomic mass is 10.0. The summed E-state index contributed by atoms with van der Waals surface area (Å²) in [7, 11) is 0. The predicted octanol–water partition coefficient (Wildman–Crippen LogP) is 2.12. The molecule has 0 aromatic carbocycles. The summed E-state index contributed by atoms with van der Waals surface area (Å²) in [6.07, 6.45) is 2.47. The number of likely N-dealkylation sites (N-methyl/N-ethyl adjacent to an activating group) is 1. The van der Waals surface area contributed by atoms with Crippen molar-refractivity contribution in [3.8, 4) is 0 Å². The van der Waals surface area contributed by atoms with Gasteiger partial charge in [0.05, 0.1) is 11.4 Å². The first-order valence-electron chi connectivity index (χ1n) is 8.86. The molecule has 0 bridgehead atoms. The van der Waals surface area contributed by atoms with Crippen LogP contribution in [-0.2, 0) is 9.59 Å². The molecule has 1 aliphatic rings. The van der Waals surface area contributed by atoms with Gasteiger partial charge in [0.15, 0.2) is 0 Å². The molecule has 7 heteroatoms. The summed E-state index contributed by atoms with van der Waals surface area (Å²) in [6, 6.07) is 3.19. The molecule has 6 nitrogen and oxygen atoms in total. The second kappa shape index (κ2) is 8.99. The van der Waals surface area contributed by atoms with Gasteiger partial charge in [-0.15, -0.1) is 11.3 Å². The number of hydrogen-bond donors (Lipinski definition) is 1. The smallest absolute Gasteiger partial charge is 0.264 e. The quantitative estimate of drug-likeness (QED) is 0.839. The second-order valence-corrected chi connectivity index (χ2v) is 7.51. The molecule has 1 atom stereocenters. The number of nitrogens with zero attached hydrogens (tertiary/aromatic N) is 2. The van der Waals surface area contributed by atoms with Crippen LogP contribution < -0.4 is 5.32 Å². The monoisotopic (exact) mass is 365 g/mol. The first kappa shape index (κ1) is 19.4. The number of hydrogen-bond acceptors (Lipinski definition) is 4. The van der Waals surface area contributed by atoms with Crippen LogP contribution in [-0.4, -0.2) is 59.2 Å². The molecule has 1 unspecified atom stereocenters. The number of thiophene rings is 1. The van der Waals surface area contributed by atoms with Crippen molar-refractivity contribution in [1.82, 2.24) is 15.1 Å². The highest BCUT2D eigenvalue weighted by Crippen LogP contribution is 2.23. The Morgan fingerprint density at radius 3 is 2.72 bits per heavy atom. The number of amides is 3. The Kier molecular flexibility index (Phi) is 6.99. The van der Waals surface area contributed by atoms with Crippen molar-refractivity contribution in [2.75, 3.05) is 19.6 Å². The molecule has 0 spiro atoms. The van der Waals surface area contributed by atoms with E-state index in [4.69, 9.17) is 0 Å². The van der Waals surface area contributed by atoms with Gasteiger partial charge in [-0.05, 0) is 51.5 Å². The third kappa shape index (κ3) is 5.04. The molecule has 0 aliphatic carbocycles. The molecule has 1 aromatic heterocycles. The van der Waals surface area contributed by atoms with E-state index in [1.807, 2.05) is 32.2 Å². The Balaban J connectivity index is 2.10. The van der Waals surface area contributed by atoms with Crippen molar-refractivity contribution < 1.29 is 14.4 Å². The number of carbonyl (C=O) groups excluding carboxylic acids is 3. The third-order valence-corrected chi connectivity index (χ3v) is 5.12. The first-order chi connectivity index (χ1) is 11.9. The summed E-state index contributed by atoms with van der Waals surface area (Å²) >= 11 is 1.39. The third-order valence-electron chi connectivity index (χ3n) is 4.26. The molecule has 0 radical (unpaired) electrons. The fraction of sp³-hybridized carbons (Fsp3) is 0.611. The van der Waals surface area contributed by atoms with Crippen LogP contribution in [0.15, 0.2) is 17.5 Å². The summed E-state index contributed by atoms with van der Waals surface area (Å²) < 4.78 is 0. The van der Waals surface area contributed by atoms with Gasteiger partial charge in [0.25, 0.3) is 5.91 Å². The highest BCUT2D eigenvalue weighted by Gasteiger charge is 2.35. The lowest BCUT2D eigenvalue weighted by Crippen LogP contribution is -2.54. The van der Waals surface area contributed by atoms with Crippen molar-refractivity contribution in [3.05, 3.63) is 22.4 Å². The lowest BCUT2D eigenvalue weighted by Gasteiger charge is -2.37. The molecular weight excluding hydrogens is 338 g/mol. The zero-order valence-electron chi connectivity index (χ0n) is 15.2. The van der Waals surface area contributed by atoms with Gasteiger partial charge in [-0.2, -0.15) is 0 Å². The van der Waals surface area contributed by atoms with E-state index in [2.05, 4.69) is 5.32 Å². The van der Waals surface area contributed by atoms with Gasteiger partial charge in [-0.3, -0.25) is 14.4 Å². The Morgan fingerprint density at radius 1 is 1.36 bits per heavy atom. The van der Waals surface area contributed by atoms with Crippen molar-refractivity contribution in [1.29, 1.82) is 0 Å². The van der Waals surface area contributed by atoms with Gasteiger partial charge >= 0.3 is 0 Å². The van der Waals surface area contributed by atoms with Crippen LogP contribution >= 0.6 is 11.3 Å². The van der Waals surface area contributed by atoms with Crippen LogP contribution in [0.25, 0.3) is 0 Å². The number of piperidine rings is 1. The maximum Gasteiger partial charge on any atom is 0.264 e. The van der Waals surface area contributed by atoms with Crippen molar-refractivity contribution >= 4 is 29.1 Å². The number of carbonyl (C=O) groups is 3. The topological polar surface area (TPSA) is 69.7 Å². The van der Waals surface area contributed by atoms with Gasteiger partial charge in [0.2, 0.25) is 11.8 Å². The minimum absolute atomic E-state index is 0.0328. The standard InChI is InChI=1S/C18H27N3O3S/c1-4-20(12-16(22)19-13(2)3)17(23)14-8-5-6-10-21(14)18(24)15-9-7-11-25-15/h7,9,11,13-14H,4-6,8,10,12H2,1-3H3,(H,19,22). The number of rotatable bonds is 6. The second-order valence-electron chi connectivity index (χ2n) is 6.56. The van der Waals surface area contributed by atoms with E-state index in [1.165, 1.54) is 11.3 Å². The molecule has 25 heavy (non-hydrogen) atoms. The fourth-order valence-corrected chi connectivity index (χ4v) is 3.75. The Hall–Kier alpha value is -1.89. The van der Waals surface area contributed by atoms with E-state index < -0.39 is 6.04 Å². The Labute approximate surface area is 153 Å². The van der Waals surface area contributed by atoms with Crippen LogP contribution in [0.1, 0.15) is 49.7 Å². The molecule has 1 saturated heterocycles. The molecular formula is C18H27N3O3S. The van der Waals surface area contributed by atoms with E-state index in [0.29, 0.717) is 24.4 Å². The van der Waals surface area contributed by atoms with E-state index >= 15 is 0 Å². The minimum Gasteiger partial charge on any atom is -0.352 e. The van der Waals surface area contributed by atoms with Crippen LogP contribution in [0.4, 0.5) is 0 Å². The minimum atomic E-state index is -0.477. The molecule has 1 N–H and O–H groups in total. The van der Waals surface area contributed by atoms with Crippen LogP contribution in [0.2, 0.25) is 0 Å². The molecule has 1 fully saturated rings. The van der Waals surface area contributed by atoms with E-state index in [1.54, 1.807) is 15.9 Å². The van der Waals surface area contributed by atoms with Gasteiger partial charge in [-0.25, -0.2) is 0 Å². The highest BCUT2D eigenvalue weighted by molar-refractivity contribution is 7.12. The van der Waals surface area contributed by atoms with Gasteiger partial charge in [-0.1, -0.05) is 6.07 Å². The fourth-order valence-electron chi connectivity index (χ4n) is 3.07. The number of nitrogens with one attached hydrogen (secondary N) is 1. The van der Waals surface area contributed by atoms with Crippen LogP contribution in [0.3, 0.4) is 0 Å². The van der Waals surface area contributed by atoms with Gasteiger partial charge in [0.1, 0.15) is 6.04 Å². The predicted molar refractivity (Wildman–Crippen MR) is 98.5 cm³/mol. The van der Waals surface area contributed by atoms with Gasteiger partial charge in [0, 0.05) is 19.1 Å². The zero-order valence-corrected chi connectivity index (χ0v) is 16.0. The van der Waals surface area contributed by atoms with Crippen molar-refractivity contribution in [3.63, 3.8) is 0 Å². The van der Waals surface area contributed by atoms with Crippen LogP contribution in [0, 0.1) is 0 Å². The average Bonchev–Trinajstić information content (AvgIpc) is 3.12. The maximum absolute atomic E-state index is 13.0. The molecule has 2 rings (SSSR count). The molecule has 138 valence electrons. The molecule has 1 aromatic rings.